The zero-order valence-corrected chi connectivity index (χ0v) is 15.5. The second-order valence-corrected chi connectivity index (χ2v) is 6.00. The molecule has 6 nitrogen and oxygen atoms in total. The highest BCUT2D eigenvalue weighted by molar-refractivity contribution is 5.95. The summed E-state index contributed by atoms with van der Waals surface area (Å²) >= 11 is 0. The third-order valence-electron chi connectivity index (χ3n) is 3.97. The Bertz CT molecular complexity index is 769. The lowest BCUT2D eigenvalue weighted by Crippen LogP contribution is -2.37. The molecule has 0 bridgehead atoms. The van der Waals surface area contributed by atoms with Gasteiger partial charge < -0.3 is 19.7 Å². The highest BCUT2D eigenvalue weighted by atomic mass is 16.5. The molecule has 2 rings (SSSR count). The van der Waals surface area contributed by atoms with Gasteiger partial charge in [0.15, 0.2) is 18.1 Å². The first-order valence-corrected chi connectivity index (χ1v) is 8.28. The molecule has 138 valence electrons. The van der Waals surface area contributed by atoms with Crippen LogP contribution in [0.25, 0.3) is 0 Å². The zero-order chi connectivity index (χ0) is 19.1. The minimum absolute atomic E-state index is 0.0537. The molecule has 0 aliphatic carbocycles. The second kappa shape index (κ2) is 8.89. The number of hydrogen-bond acceptors (Lipinski definition) is 4. The number of rotatable bonds is 7. The normalized spacial score (nSPS) is 10.2. The number of nitrogens with one attached hydrogen (secondary N) is 1. The summed E-state index contributed by atoms with van der Waals surface area (Å²) in [5.41, 5.74) is 2.74. The van der Waals surface area contributed by atoms with Gasteiger partial charge in [0.05, 0.1) is 13.7 Å². The average molecular weight is 356 g/mol. The summed E-state index contributed by atoms with van der Waals surface area (Å²) in [7, 11) is 3.10. The van der Waals surface area contributed by atoms with Crippen molar-refractivity contribution >= 4 is 17.5 Å². The maximum absolute atomic E-state index is 12.2. The topological polar surface area (TPSA) is 67.9 Å². The molecule has 2 aromatic rings. The standard InChI is InChI=1S/C20H24N2O4/c1-14-8-7-9-15(2)20(14)21-18(23)12-22(3)19(24)13-26-17-11-6-5-10-16(17)25-4/h5-11H,12-13H2,1-4H3,(H,21,23). The van der Waals surface area contributed by atoms with Crippen molar-refractivity contribution in [3.8, 4) is 11.5 Å². The van der Waals surface area contributed by atoms with Gasteiger partial charge in [0, 0.05) is 12.7 Å². The number of amides is 2. The SMILES string of the molecule is COc1ccccc1OCC(=O)N(C)CC(=O)Nc1c(C)cccc1C. The van der Waals surface area contributed by atoms with E-state index in [1.54, 1.807) is 25.2 Å². The number of aryl methyl sites for hydroxylation is 2. The first kappa shape index (κ1) is 19.3. The lowest BCUT2D eigenvalue weighted by molar-refractivity contribution is -0.135. The molecular formula is C20H24N2O4. The van der Waals surface area contributed by atoms with Crippen LogP contribution in [0.2, 0.25) is 0 Å². The Morgan fingerprint density at radius 1 is 1.00 bits per heavy atom. The number of anilines is 1. The summed E-state index contributed by atoms with van der Waals surface area (Å²) in [4.78, 5) is 25.8. The van der Waals surface area contributed by atoms with Crippen LogP contribution in [0.4, 0.5) is 5.69 Å². The van der Waals surface area contributed by atoms with Gasteiger partial charge >= 0.3 is 0 Å². The zero-order valence-electron chi connectivity index (χ0n) is 15.5. The van der Waals surface area contributed by atoms with E-state index in [2.05, 4.69) is 5.32 Å². The van der Waals surface area contributed by atoms with Crippen LogP contribution in [0, 0.1) is 13.8 Å². The number of carbonyl (C=O) groups is 2. The van der Waals surface area contributed by atoms with Crippen molar-refractivity contribution in [3.63, 3.8) is 0 Å². The third kappa shape index (κ3) is 4.99. The van der Waals surface area contributed by atoms with E-state index in [-0.39, 0.29) is 25.0 Å². The Labute approximate surface area is 153 Å². The van der Waals surface area contributed by atoms with Crippen LogP contribution in [0.1, 0.15) is 11.1 Å². The Balaban J connectivity index is 1.89. The molecular weight excluding hydrogens is 332 g/mol. The summed E-state index contributed by atoms with van der Waals surface area (Å²) in [6.45, 7) is 3.63. The lowest BCUT2D eigenvalue weighted by Gasteiger charge is -2.18. The summed E-state index contributed by atoms with van der Waals surface area (Å²) < 4.78 is 10.7. The number of para-hydroxylation sites is 3. The summed E-state index contributed by atoms with van der Waals surface area (Å²) in [6, 6.07) is 12.9. The van der Waals surface area contributed by atoms with Crippen LogP contribution < -0.4 is 14.8 Å². The number of nitrogens with zero attached hydrogens (tertiary/aromatic N) is 1. The van der Waals surface area contributed by atoms with Crippen molar-refractivity contribution in [2.24, 2.45) is 0 Å². The highest BCUT2D eigenvalue weighted by Crippen LogP contribution is 2.25. The van der Waals surface area contributed by atoms with Gasteiger partial charge in [-0.15, -0.1) is 0 Å². The van der Waals surface area contributed by atoms with Crippen LogP contribution in [0.15, 0.2) is 42.5 Å². The van der Waals surface area contributed by atoms with Crippen molar-refractivity contribution in [3.05, 3.63) is 53.6 Å². The van der Waals surface area contributed by atoms with Gasteiger partial charge in [0.2, 0.25) is 5.91 Å². The Hall–Kier alpha value is -3.02. The van der Waals surface area contributed by atoms with E-state index in [0.717, 1.165) is 16.8 Å². The van der Waals surface area contributed by atoms with Crippen molar-refractivity contribution in [2.45, 2.75) is 13.8 Å². The van der Waals surface area contributed by atoms with Crippen molar-refractivity contribution in [1.82, 2.24) is 4.90 Å². The molecule has 2 amide bonds. The van der Waals surface area contributed by atoms with Crippen LogP contribution >= 0.6 is 0 Å². The number of hydrogen-bond donors (Lipinski definition) is 1. The van der Waals surface area contributed by atoms with Gasteiger partial charge in [-0.3, -0.25) is 9.59 Å². The molecule has 0 fully saturated rings. The predicted octanol–water partition coefficient (Wildman–Crippen LogP) is 2.79. The first-order chi connectivity index (χ1) is 12.4. The van der Waals surface area contributed by atoms with E-state index in [1.165, 1.54) is 12.0 Å². The fraction of sp³-hybridized carbons (Fsp3) is 0.300. The van der Waals surface area contributed by atoms with Gasteiger partial charge in [-0.05, 0) is 37.1 Å². The van der Waals surface area contributed by atoms with E-state index in [9.17, 15) is 9.59 Å². The molecule has 0 saturated heterocycles. The van der Waals surface area contributed by atoms with Crippen LogP contribution in [-0.2, 0) is 9.59 Å². The Morgan fingerprint density at radius 2 is 1.62 bits per heavy atom. The Kier molecular flexibility index (Phi) is 6.60. The van der Waals surface area contributed by atoms with Crippen LogP contribution in [-0.4, -0.2) is 44.0 Å². The molecule has 0 aliphatic heterocycles. The first-order valence-electron chi connectivity index (χ1n) is 8.28. The van der Waals surface area contributed by atoms with E-state index < -0.39 is 0 Å². The molecule has 0 radical (unpaired) electrons. The van der Waals surface area contributed by atoms with Crippen molar-refractivity contribution in [1.29, 1.82) is 0 Å². The molecule has 0 aromatic heterocycles. The monoisotopic (exact) mass is 356 g/mol. The fourth-order valence-electron chi connectivity index (χ4n) is 2.48. The van der Waals surface area contributed by atoms with E-state index in [0.29, 0.717) is 11.5 Å². The smallest absolute Gasteiger partial charge is 0.260 e. The van der Waals surface area contributed by atoms with Gasteiger partial charge in [-0.1, -0.05) is 30.3 Å². The minimum atomic E-state index is -0.299. The number of methoxy groups -OCH3 is 1. The number of likely N-dealkylation sites (N-methyl/N-ethyl adjacent to an activating group) is 1. The van der Waals surface area contributed by atoms with Gasteiger partial charge in [0.1, 0.15) is 0 Å². The summed E-state index contributed by atoms with van der Waals surface area (Å²) in [5.74, 6) is 0.482. The fourth-order valence-corrected chi connectivity index (χ4v) is 2.48. The number of ether oxygens (including phenoxy) is 2. The molecule has 0 spiro atoms. The third-order valence-corrected chi connectivity index (χ3v) is 3.97. The molecule has 0 unspecified atom stereocenters. The lowest BCUT2D eigenvalue weighted by atomic mass is 10.1. The van der Waals surface area contributed by atoms with E-state index in [4.69, 9.17) is 9.47 Å². The molecule has 0 atom stereocenters. The predicted molar refractivity (Wildman–Crippen MR) is 101 cm³/mol. The van der Waals surface area contributed by atoms with Gasteiger partial charge in [-0.2, -0.15) is 0 Å². The maximum atomic E-state index is 12.2. The molecule has 6 heteroatoms. The molecule has 2 aromatic carbocycles. The summed E-state index contributed by atoms with van der Waals surface area (Å²) in [6.07, 6.45) is 0. The molecule has 0 aliphatic rings. The second-order valence-electron chi connectivity index (χ2n) is 6.00. The maximum Gasteiger partial charge on any atom is 0.260 e. The van der Waals surface area contributed by atoms with Crippen molar-refractivity contribution < 1.29 is 19.1 Å². The Morgan fingerprint density at radius 3 is 2.23 bits per heavy atom. The van der Waals surface area contributed by atoms with Crippen molar-refractivity contribution in [2.75, 3.05) is 32.6 Å². The van der Waals surface area contributed by atoms with E-state index in [1.807, 2.05) is 38.1 Å². The quantitative estimate of drug-likeness (QED) is 0.828. The highest BCUT2D eigenvalue weighted by Gasteiger charge is 2.15. The number of benzene rings is 2. The van der Waals surface area contributed by atoms with Crippen LogP contribution in [0.5, 0.6) is 11.5 Å². The molecule has 26 heavy (non-hydrogen) atoms. The molecule has 0 heterocycles. The van der Waals surface area contributed by atoms with Gasteiger partial charge in [-0.25, -0.2) is 0 Å². The largest absolute Gasteiger partial charge is 0.493 e. The van der Waals surface area contributed by atoms with Gasteiger partial charge in [0.25, 0.3) is 5.91 Å². The van der Waals surface area contributed by atoms with Crippen LogP contribution in [0.3, 0.4) is 0 Å². The molecule has 0 saturated carbocycles. The average Bonchev–Trinajstić information content (AvgIpc) is 2.63. The minimum Gasteiger partial charge on any atom is -0.493 e. The number of carbonyl (C=O) groups excluding carboxylic acids is 2. The summed E-state index contributed by atoms with van der Waals surface area (Å²) in [5, 5.41) is 2.86. The van der Waals surface area contributed by atoms with E-state index >= 15 is 0 Å². The molecule has 1 N–H and O–H groups in total.